The molecule has 4 nitrogen and oxygen atoms in total. The van der Waals surface area contributed by atoms with Crippen LogP contribution < -0.4 is 10.0 Å². The zero-order chi connectivity index (χ0) is 20.4. The van der Waals surface area contributed by atoms with E-state index in [0.29, 0.717) is 17.1 Å². The summed E-state index contributed by atoms with van der Waals surface area (Å²) in [5.41, 5.74) is 3.62. The second-order valence-electron chi connectivity index (χ2n) is 7.57. The molecule has 0 aliphatic carbocycles. The highest BCUT2D eigenvalue weighted by atomic mass is 32.2. The molecule has 1 saturated heterocycles. The Morgan fingerprint density at radius 1 is 1.24 bits per heavy atom. The van der Waals surface area contributed by atoms with Gasteiger partial charge in [0.05, 0.1) is 11.0 Å². The maximum absolute atomic E-state index is 14.8. The van der Waals surface area contributed by atoms with E-state index in [-0.39, 0.29) is 10.4 Å². The van der Waals surface area contributed by atoms with Gasteiger partial charge in [-0.25, -0.2) is 13.8 Å². The van der Waals surface area contributed by atoms with E-state index in [1.165, 1.54) is 23.0 Å². The van der Waals surface area contributed by atoms with Crippen molar-refractivity contribution in [2.24, 2.45) is 0 Å². The van der Waals surface area contributed by atoms with Crippen LogP contribution in [0.5, 0.6) is 0 Å². The maximum Gasteiger partial charge on any atom is 0.147 e. The molecular formula is C21H22F2N4S2. The lowest BCUT2D eigenvalue weighted by molar-refractivity contribution is 0.0905. The van der Waals surface area contributed by atoms with E-state index in [2.05, 4.69) is 39.0 Å². The fourth-order valence-corrected chi connectivity index (χ4v) is 4.86. The molecule has 0 spiro atoms. The van der Waals surface area contributed by atoms with Crippen LogP contribution in [0.15, 0.2) is 52.2 Å². The molecule has 4 rings (SSSR count). The molecule has 0 radical (unpaired) electrons. The first-order valence-corrected chi connectivity index (χ1v) is 11.0. The SMILES string of the molecule is Cc1c(NC2(C)CN(Cc3ccccc3)C2)cc(F)c(SNc2cscn2)c1F. The van der Waals surface area contributed by atoms with Gasteiger partial charge in [-0.15, -0.1) is 11.3 Å². The van der Waals surface area contributed by atoms with Crippen LogP contribution >= 0.6 is 23.3 Å². The molecule has 2 heterocycles. The van der Waals surface area contributed by atoms with Gasteiger partial charge >= 0.3 is 0 Å². The van der Waals surface area contributed by atoms with Gasteiger partial charge in [0.2, 0.25) is 0 Å². The summed E-state index contributed by atoms with van der Waals surface area (Å²) in [5, 5.41) is 5.14. The molecular weight excluding hydrogens is 410 g/mol. The zero-order valence-electron chi connectivity index (χ0n) is 16.2. The maximum atomic E-state index is 14.8. The minimum absolute atomic E-state index is 0.0504. The molecule has 1 aliphatic heterocycles. The summed E-state index contributed by atoms with van der Waals surface area (Å²) >= 11 is 2.32. The van der Waals surface area contributed by atoms with Crippen LogP contribution in [-0.2, 0) is 6.54 Å². The first-order chi connectivity index (χ1) is 13.9. The lowest BCUT2D eigenvalue weighted by Gasteiger charge is -2.49. The first-order valence-electron chi connectivity index (χ1n) is 9.28. The predicted molar refractivity (Wildman–Crippen MR) is 116 cm³/mol. The third-order valence-corrected chi connectivity index (χ3v) is 6.42. The van der Waals surface area contributed by atoms with Gasteiger partial charge in [0, 0.05) is 36.3 Å². The number of aromatic nitrogens is 1. The monoisotopic (exact) mass is 432 g/mol. The fraction of sp³-hybridized carbons (Fsp3) is 0.286. The van der Waals surface area contributed by atoms with Crippen molar-refractivity contribution in [2.75, 3.05) is 23.1 Å². The molecule has 1 aromatic heterocycles. The third kappa shape index (κ3) is 4.55. The topological polar surface area (TPSA) is 40.2 Å². The van der Waals surface area contributed by atoms with Crippen molar-refractivity contribution in [3.05, 3.63) is 70.1 Å². The summed E-state index contributed by atoms with van der Waals surface area (Å²) in [6.07, 6.45) is 0. The van der Waals surface area contributed by atoms with Crippen LogP contribution in [0.4, 0.5) is 20.3 Å². The first kappa shape index (κ1) is 20.1. The molecule has 3 aromatic rings. The van der Waals surface area contributed by atoms with E-state index in [9.17, 15) is 8.78 Å². The second kappa shape index (κ2) is 8.30. The van der Waals surface area contributed by atoms with Crippen molar-refractivity contribution in [1.82, 2.24) is 9.88 Å². The molecule has 0 bridgehead atoms. The molecule has 0 amide bonds. The Balaban J connectivity index is 1.41. The Bertz CT molecular complexity index is 974. The van der Waals surface area contributed by atoms with Gasteiger partial charge in [-0.05, 0) is 37.4 Å². The Morgan fingerprint density at radius 3 is 2.69 bits per heavy atom. The summed E-state index contributed by atoms with van der Waals surface area (Å²) in [5.74, 6) is -0.559. The summed E-state index contributed by atoms with van der Waals surface area (Å²) in [6, 6.07) is 11.7. The van der Waals surface area contributed by atoms with Gasteiger partial charge in [0.15, 0.2) is 0 Å². The van der Waals surface area contributed by atoms with Gasteiger partial charge in [0.1, 0.15) is 22.3 Å². The standard InChI is InChI=1S/C21H22F2N4S2/c1-14-17(8-16(22)20(19(14)23)29-26-18-10-28-13-24-18)25-21(2)11-27(12-21)9-15-6-4-3-5-7-15/h3-8,10,13,25-26H,9,11-12H2,1-2H3. The number of halogens is 2. The molecule has 152 valence electrons. The molecule has 2 aromatic carbocycles. The Morgan fingerprint density at radius 2 is 2.00 bits per heavy atom. The Labute approximate surface area is 177 Å². The van der Waals surface area contributed by atoms with Crippen molar-refractivity contribution < 1.29 is 8.78 Å². The number of hydrogen-bond acceptors (Lipinski definition) is 6. The summed E-state index contributed by atoms with van der Waals surface area (Å²) in [6.45, 7) is 6.25. The van der Waals surface area contributed by atoms with Crippen molar-refractivity contribution in [3.63, 3.8) is 0 Å². The lowest BCUT2D eigenvalue weighted by Crippen LogP contribution is -2.63. The van der Waals surface area contributed by atoms with Crippen molar-refractivity contribution in [1.29, 1.82) is 0 Å². The van der Waals surface area contributed by atoms with E-state index in [1.54, 1.807) is 17.8 Å². The van der Waals surface area contributed by atoms with Crippen LogP contribution in [0.1, 0.15) is 18.1 Å². The Hall–Kier alpha value is -2.16. The normalized spacial score (nSPS) is 15.7. The zero-order valence-corrected chi connectivity index (χ0v) is 17.8. The molecule has 1 aliphatic rings. The number of likely N-dealkylation sites (tertiary alicyclic amines) is 1. The number of thiazole rings is 1. The number of benzene rings is 2. The number of hydrogen-bond donors (Lipinski definition) is 2. The molecule has 0 unspecified atom stereocenters. The second-order valence-corrected chi connectivity index (χ2v) is 9.10. The van der Waals surface area contributed by atoms with Gasteiger partial charge in [0.25, 0.3) is 0 Å². The van der Waals surface area contributed by atoms with Crippen LogP contribution in [0.2, 0.25) is 0 Å². The van der Waals surface area contributed by atoms with E-state index in [0.717, 1.165) is 31.6 Å². The smallest absolute Gasteiger partial charge is 0.147 e. The minimum atomic E-state index is -0.590. The highest BCUT2D eigenvalue weighted by Crippen LogP contribution is 2.35. The minimum Gasteiger partial charge on any atom is -0.377 e. The van der Waals surface area contributed by atoms with Crippen LogP contribution in [-0.4, -0.2) is 28.5 Å². The number of nitrogens with zero attached hydrogens (tertiary/aromatic N) is 2. The van der Waals surface area contributed by atoms with Crippen molar-refractivity contribution >= 4 is 34.8 Å². The fourth-order valence-electron chi connectivity index (χ4n) is 3.58. The summed E-state index contributed by atoms with van der Waals surface area (Å²) < 4.78 is 32.3. The number of nitrogens with one attached hydrogen (secondary N) is 2. The largest absolute Gasteiger partial charge is 0.377 e. The third-order valence-electron chi connectivity index (χ3n) is 4.94. The van der Waals surface area contributed by atoms with Gasteiger partial charge in [-0.2, -0.15) is 0 Å². The van der Waals surface area contributed by atoms with Crippen molar-refractivity contribution in [3.8, 4) is 0 Å². The molecule has 0 saturated carbocycles. The summed E-state index contributed by atoms with van der Waals surface area (Å²) in [4.78, 5) is 6.32. The molecule has 2 N–H and O–H groups in total. The van der Waals surface area contributed by atoms with E-state index >= 15 is 0 Å². The molecule has 0 atom stereocenters. The van der Waals surface area contributed by atoms with Gasteiger partial charge < -0.3 is 10.0 Å². The van der Waals surface area contributed by atoms with Gasteiger partial charge in [-0.1, -0.05) is 30.3 Å². The average Bonchev–Trinajstić information content (AvgIpc) is 3.19. The molecule has 29 heavy (non-hydrogen) atoms. The highest BCUT2D eigenvalue weighted by molar-refractivity contribution is 8.00. The van der Waals surface area contributed by atoms with E-state index in [4.69, 9.17) is 0 Å². The van der Waals surface area contributed by atoms with Crippen LogP contribution in [0, 0.1) is 18.6 Å². The van der Waals surface area contributed by atoms with Crippen LogP contribution in [0.3, 0.4) is 0 Å². The van der Waals surface area contributed by atoms with Crippen molar-refractivity contribution in [2.45, 2.75) is 30.8 Å². The van der Waals surface area contributed by atoms with E-state index < -0.39 is 11.6 Å². The molecule has 1 fully saturated rings. The number of rotatable bonds is 7. The average molecular weight is 433 g/mol. The van der Waals surface area contributed by atoms with E-state index in [1.807, 2.05) is 18.2 Å². The Kier molecular flexibility index (Phi) is 5.76. The summed E-state index contributed by atoms with van der Waals surface area (Å²) in [7, 11) is 0. The lowest BCUT2D eigenvalue weighted by atomic mass is 9.90. The molecule has 8 heteroatoms. The number of anilines is 2. The van der Waals surface area contributed by atoms with Crippen LogP contribution in [0.25, 0.3) is 0 Å². The van der Waals surface area contributed by atoms with Gasteiger partial charge in [-0.3, -0.25) is 4.90 Å². The highest BCUT2D eigenvalue weighted by Gasteiger charge is 2.39. The predicted octanol–water partition coefficient (Wildman–Crippen LogP) is 5.54. The quantitative estimate of drug-likeness (QED) is 0.480.